The molecule has 0 saturated carbocycles. The first-order chi connectivity index (χ1) is 9.83. The Morgan fingerprint density at radius 3 is 2.90 bits per heavy atom. The Bertz CT molecular complexity index is 486. The summed E-state index contributed by atoms with van der Waals surface area (Å²) < 4.78 is 0. The number of carbonyl (C=O) groups excluding carboxylic acids is 1. The molecule has 4 heteroatoms. The van der Waals surface area contributed by atoms with Gasteiger partial charge in [-0.3, -0.25) is 4.79 Å². The third-order valence-corrected chi connectivity index (χ3v) is 5.67. The zero-order valence-electron chi connectivity index (χ0n) is 12.4. The number of piperidine rings is 1. The molecule has 2 aliphatic rings. The van der Waals surface area contributed by atoms with Gasteiger partial charge in [-0.2, -0.15) is 0 Å². The molecular formula is C17H24ClNOS. The van der Waals surface area contributed by atoms with Gasteiger partial charge >= 0.3 is 0 Å². The van der Waals surface area contributed by atoms with Crippen LogP contribution < -0.4 is 5.32 Å². The lowest BCUT2D eigenvalue weighted by Gasteiger charge is -2.22. The van der Waals surface area contributed by atoms with Gasteiger partial charge in [-0.05, 0) is 74.6 Å². The Balaban J connectivity index is 0.00000161. The molecule has 0 spiro atoms. The molecule has 0 unspecified atom stereocenters. The zero-order valence-corrected chi connectivity index (χ0v) is 14.0. The average Bonchev–Trinajstić information content (AvgIpc) is 2.53. The quantitative estimate of drug-likeness (QED) is 0.845. The summed E-state index contributed by atoms with van der Waals surface area (Å²) in [4.78, 5) is 13.7. The minimum Gasteiger partial charge on any atom is -0.317 e. The van der Waals surface area contributed by atoms with E-state index in [2.05, 4.69) is 17.4 Å². The van der Waals surface area contributed by atoms with Gasteiger partial charge in [0, 0.05) is 16.9 Å². The number of halogens is 1. The Morgan fingerprint density at radius 2 is 2.10 bits per heavy atom. The maximum atomic E-state index is 12.4. The highest BCUT2D eigenvalue weighted by molar-refractivity contribution is 7.99. The number of Topliss-reactive ketones (excluding diaryl/α,β-unsaturated/α-hetero) is 1. The lowest BCUT2D eigenvalue weighted by atomic mass is 9.91. The van der Waals surface area contributed by atoms with Crippen molar-refractivity contribution in [1.82, 2.24) is 5.32 Å². The van der Waals surface area contributed by atoms with Gasteiger partial charge in [-0.25, -0.2) is 0 Å². The van der Waals surface area contributed by atoms with Crippen LogP contribution in [0.25, 0.3) is 0 Å². The maximum Gasteiger partial charge on any atom is 0.162 e. The molecule has 1 fully saturated rings. The Hall–Kier alpha value is -0.510. The largest absolute Gasteiger partial charge is 0.317 e. The van der Waals surface area contributed by atoms with E-state index >= 15 is 0 Å². The maximum absolute atomic E-state index is 12.4. The van der Waals surface area contributed by atoms with Crippen LogP contribution in [0.15, 0.2) is 23.1 Å². The lowest BCUT2D eigenvalue weighted by molar-refractivity contribution is 0.0970. The first-order valence-corrected chi connectivity index (χ1v) is 8.81. The average molecular weight is 326 g/mol. The SMILES string of the molecule is Cl.O=C(CCC1CCNCC1)c1ccc2c(c1)CCCS2. The summed E-state index contributed by atoms with van der Waals surface area (Å²) in [6.07, 6.45) is 6.62. The van der Waals surface area contributed by atoms with Crippen molar-refractivity contribution in [3.05, 3.63) is 29.3 Å². The first kappa shape index (κ1) is 16.9. The van der Waals surface area contributed by atoms with Crippen molar-refractivity contribution < 1.29 is 4.79 Å². The van der Waals surface area contributed by atoms with Gasteiger partial charge in [0.05, 0.1) is 0 Å². The summed E-state index contributed by atoms with van der Waals surface area (Å²) in [6, 6.07) is 6.32. The van der Waals surface area contributed by atoms with Gasteiger partial charge in [0.25, 0.3) is 0 Å². The summed E-state index contributed by atoms with van der Waals surface area (Å²) >= 11 is 1.93. The molecule has 1 N–H and O–H groups in total. The third-order valence-electron chi connectivity index (χ3n) is 4.47. The molecule has 0 bridgehead atoms. The van der Waals surface area contributed by atoms with Gasteiger partial charge in [0.2, 0.25) is 0 Å². The van der Waals surface area contributed by atoms with E-state index < -0.39 is 0 Å². The van der Waals surface area contributed by atoms with E-state index in [-0.39, 0.29) is 12.4 Å². The molecule has 0 radical (unpaired) electrons. The smallest absolute Gasteiger partial charge is 0.162 e. The van der Waals surface area contributed by atoms with Crippen LogP contribution in [-0.2, 0) is 6.42 Å². The van der Waals surface area contributed by atoms with E-state index in [1.54, 1.807) is 0 Å². The van der Waals surface area contributed by atoms with Crippen LogP contribution in [0.3, 0.4) is 0 Å². The molecule has 0 aromatic heterocycles. The molecule has 2 aliphatic heterocycles. The highest BCUT2D eigenvalue weighted by atomic mass is 35.5. The normalized spacial score (nSPS) is 18.7. The van der Waals surface area contributed by atoms with Crippen molar-refractivity contribution in [2.45, 2.75) is 43.4 Å². The predicted molar refractivity (Wildman–Crippen MR) is 91.9 cm³/mol. The molecule has 0 amide bonds. The van der Waals surface area contributed by atoms with E-state index in [0.29, 0.717) is 5.78 Å². The monoisotopic (exact) mass is 325 g/mol. The fourth-order valence-electron chi connectivity index (χ4n) is 3.18. The number of hydrogen-bond donors (Lipinski definition) is 1. The van der Waals surface area contributed by atoms with Crippen molar-refractivity contribution >= 4 is 30.0 Å². The second-order valence-electron chi connectivity index (χ2n) is 5.93. The number of aryl methyl sites for hydroxylation is 1. The summed E-state index contributed by atoms with van der Waals surface area (Å²) in [6.45, 7) is 2.24. The second kappa shape index (κ2) is 8.21. The molecule has 21 heavy (non-hydrogen) atoms. The van der Waals surface area contributed by atoms with Crippen LogP contribution in [0.2, 0.25) is 0 Å². The number of hydrogen-bond acceptors (Lipinski definition) is 3. The molecule has 2 nitrogen and oxygen atoms in total. The van der Waals surface area contributed by atoms with Crippen molar-refractivity contribution in [2.24, 2.45) is 5.92 Å². The second-order valence-corrected chi connectivity index (χ2v) is 7.07. The number of benzene rings is 1. The number of nitrogens with one attached hydrogen (secondary N) is 1. The van der Waals surface area contributed by atoms with Crippen LogP contribution in [-0.4, -0.2) is 24.6 Å². The van der Waals surface area contributed by atoms with Gasteiger partial charge < -0.3 is 5.32 Å². The van der Waals surface area contributed by atoms with Crippen LogP contribution >= 0.6 is 24.2 Å². The van der Waals surface area contributed by atoms with Crippen LogP contribution in [0, 0.1) is 5.92 Å². The summed E-state index contributed by atoms with van der Waals surface area (Å²) in [5.74, 6) is 2.30. The number of rotatable bonds is 4. The minimum atomic E-state index is 0. The van der Waals surface area contributed by atoms with Crippen molar-refractivity contribution in [3.8, 4) is 0 Å². The van der Waals surface area contributed by atoms with Crippen molar-refractivity contribution in [2.75, 3.05) is 18.8 Å². The van der Waals surface area contributed by atoms with Gasteiger partial charge in [0.1, 0.15) is 0 Å². The van der Waals surface area contributed by atoms with E-state index in [1.807, 2.05) is 17.8 Å². The molecule has 2 heterocycles. The number of thioether (sulfide) groups is 1. The molecule has 3 rings (SSSR count). The summed E-state index contributed by atoms with van der Waals surface area (Å²) in [7, 11) is 0. The van der Waals surface area contributed by atoms with Crippen LogP contribution in [0.1, 0.15) is 48.0 Å². The standard InChI is InChI=1S/C17H23NOS.ClH/c19-16(5-3-13-7-9-18-10-8-13)14-4-6-17-15(12-14)2-1-11-20-17;/h4,6,12-13,18H,1-3,5,7-11H2;1H. The van der Waals surface area contributed by atoms with Crippen molar-refractivity contribution in [3.63, 3.8) is 0 Å². The molecule has 1 aromatic rings. The van der Waals surface area contributed by atoms with E-state index in [9.17, 15) is 4.79 Å². The Morgan fingerprint density at radius 1 is 1.29 bits per heavy atom. The molecule has 1 saturated heterocycles. The predicted octanol–water partition coefficient (Wildman–Crippen LogP) is 4.11. The summed E-state index contributed by atoms with van der Waals surface area (Å²) in [5.41, 5.74) is 2.31. The first-order valence-electron chi connectivity index (χ1n) is 7.82. The minimum absolute atomic E-state index is 0. The molecule has 0 atom stereocenters. The highest BCUT2D eigenvalue weighted by Crippen LogP contribution is 2.31. The fourth-order valence-corrected chi connectivity index (χ4v) is 4.20. The topological polar surface area (TPSA) is 29.1 Å². The third kappa shape index (κ3) is 4.48. The number of fused-ring (bicyclic) bond motifs is 1. The van der Waals surface area contributed by atoms with E-state index in [4.69, 9.17) is 0 Å². The number of carbonyl (C=O) groups is 1. The fraction of sp³-hybridized carbons (Fsp3) is 0.588. The number of ketones is 1. The van der Waals surface area contributed by atoms with Crippen molar-refractivity contribution in [1.29, 1.82) is 0 Å². The van der Waals surface area contributed by atoms with Gasteiger partial charge in [-0.15, -0.1) is 24.2 Å². The van der Waals surface area contributed by atoms with Crippen LogP contribution in [0.5, 0.6) is 0 Å². The highest BCUT2D eigenvalue weighted by Gasteiger charge is 2.17. The van der Waals surface area contributed by atoms with E-state index in [0.717, 1.165) is 43.8 Å². The van der Waals surface area contributed by atoms with E-state index in [1.165, 1.54) is 35.5 Å². The molecule has 1 aromatic carbocycles. The Labute approximate surface area is 137 Å². The van der Waals surface area contributed by atoms with Gasteiger partial charge in [0.15, 0.2) is 5.78 Å². The van der Waals surface area contributed by atoms with Gasteiger partial charge in [-0.1, -0.05) is 6.07 Å². The van der Waals surface area contributed by atoms with Crippen LogP contribution in [0.4, 0.5) is 0 Å². The molecular weight excluding hydrogens is 302 g/mol. The Kier molecular flexibility index (Phi) is 6.59. The summed E-state index contributed by atoms with van der Waals surface area (Å²) in [5, 5.41) is 3.38. The molecule has 0 aliphatic carbocycles. The molecule has 116 valence electrons. The lowest BCUT2D eigenvalue weighted by Crippen LogP contribution is -2.28. The zero-order chi connectivity index (χ0) is 13.8.